The number of benzene rings is 1. The Morgan fingerprint density at radius 1 is 1.25 bits per heavy atom. The van der Waals surface area contributed by atoms with Gasteiger partial charge in [-0.25, -0.2) is 14.4 Å². The van der Waals surface area contributed by atoms with Crippen LogP contribution in [-0.2, 0) is 11.3 Å². The number of aromatic nitrogens is 1. The van der Waals surface area contributed by atoms with E-state index in [9.17, 15) is 4.39 Å². The average molecular weight is 555 g/mol. The van der Waals surface area contributed by atoms with Gasteiger partial charge in [0.05, 0.1) is 19.8 Å². The zero-order valence-corrected chi connectivity index (χ0v) is 20.7. The summed E-state index contributed by atoms with van der Waals surface area (Å²) in [5.74, 6) is 1.46. The molecule has 1 aromatic carbocycles. The first kappa shape index (κ1) is 24.7. The summed E-state index contributed by atoms with van der Waals surface area (Å²) in [6, 6.07) is 10.3. The highest BCUT2D eigenvalue weighted by molar-refractivity contribution is 14.0. The molecular formula is C23H31FIN5O2. The normalized spacial score (nSPS) is 19.5. The predicted molar refractivity (Wildman–Crippen MR) is 133 cm³/mol. The average Bonchev–Trinajstić information content (AvgIpc) is 3.28. The van der Waals surface area contributed by atoms with Gasteiger partial charge in [0.25, 0.3) is 0 Å². The van der Waals surface area contributed by atoms with E-state index in [4.69, 9.17) is 14.5 Å². The molecule has 1 atom stereocenters. The molecule has 0 aliphatic carbocycles. The van der Waals surface area contributed by atoms with E-state index in [1.54, 1.807) is 24.4 Å². The number of aliphatic imine (C=N–C) groups is 1. The van der Waals surface area contributed by atoms with Crippen LogP contribution >= 0.6 is 24.0 Å². The standard InChI is InChI=1S/C23H30FN5O2.HI/c1-2-25-23(29-9-8-20(17-29)28-10-12-30-13-11-28)27-16-18-6-7-22(26-15-18)31-21-5-3-4-19(24)14-21;/h3-7,14-15,20H,2,8-13,16-17H2,1H3,(H,25,27);1H. The molecule has 174 valence electrons. The van der Waals surface area contributed by atoms with Crippen molar-refractivity contribution in [2.24, 2.45) is 4.99 Å². The van der Waals surface area contributed by atoms with Gasteiger partial charge in [0.1, 0.15) is 11.6 Å². The third-order valence-corrected chi connectivity index (χ3v) is 5.59. The van der Waals surface area contributed by atoms with Gasteiger partial charge < -0.3 is 19.7 Å². The zero-order valence-electron chi connectivity index (χ0n) is 18.4. The van der Waals surface area contributed by atoms with E-state index in [0.29, 0.717) is 24.2 Å². The number of halogens is 2. The number of nitrogens with one attached hydrogen (secondary N) is 1. The number of guanidine groups is 1. The van der Waals surface area contributed by atoms with E-state index >= 15 is 0 Å². The molecule has 1 unspecified atom stereocenters. The fourth-order valence-electron chi connectivity index (χ4n) is 3.98. The molecule has 7 nitrogen and oxygen atoms in total. The van der Waals surface area contributed by atoms with Crippen LogP contribution in [0, 0.1) is 5.82 Å². The number of hydrogen-bond donors (Lipinski definition) is 1. The van der Waals surface area contributed by atoms with Crippen molar-refractivity contribution in [2.45, 2.75) is 25.9 Å². The second-order valence-corrected chi connectivity index (χ2v) is 7.77. The second kappa shape index (κ2) is 12.3. The van der Waals surface area contributed by atoms with Gasteiger partial charge in [0.15, 0.2) is 5.96 Å². The minimum absolute atomic E-state index is 0. The molecule has 0 amide bonds. The number of morpholine rings is 1. The number of nitrogens with zero attached hydrogens (tertiary/aromatic N) is 4. The molecule has 2 aromatic rings. The van der Waals surface area contributed by atoms with Crippen molar-refractivity contribution in [3.05, 3.63) is 54.0 Å². The minimum atomic E-state index is -0.336. The molecule has 4 rings (SSSR count). The number of rotatable bonds is 6. The van der Waals surface area contributed by atoms with Gasteiger partial charge in [-0.15, -0.1) is 24.0 Å². The summed E-state index contributed by atoms with van der Waals surface area (Å²) in [6.07, 6.45) is 2.90. The lowest BCUT2D eigenvalue weighted by Gasteiger charge is -2.32. The maximum Gasteiger partial charge on any atom is 0.219 e. The Balaban J connectivity index is 0.00000289. The summed E-state index contributed by atoms with van der Waals surface area (Å²) in [5.41, 5.74) is 0.992. The molecular weight excluding hydrogens is 524 g/mol. The largest absolute Gasteiger partial charge is 0.439 e. The van der Waals surface area contributed by atoms with Crippen LogP contribution in [0.4, 0.5) is 4.39 Å². The van der Waals surface area contributed by atoms with Crippen molar-refractivity contribution >= 4 is 29.9 Å². The van der Waals surface area contributed by atoms with Crippen molar-refractivity contribution in [1.82, 2.24) is 20.1 Å². The summed E-state index contributed by atoms with van der Waals surface area (Å²) in [4.78, 5) is 14.0. The molecule has 0 bridgehead atoms. The molecule has 32 heavy (non-hydrogen) atoms. The molecule has 0 spiro atoms. The Hall–Kier alpha value is -1.98. The van der Waals surface area contributed by atoms with Crippen LogP contribution in [0.1, 0.15) is 18.9 Å². The maximum absolute atomic E-state index is 13.3. The smallest absolute Gasteiger partial charge is 0.219 e. The number of pyridine rings is 1. The molecule has 1 N–H and O–H groups in total. The number of ether oxygens (including phenoxy) is 2. The fourth-order valence-corrected chi connectivity index (χ4v) is 3.98. The monoisotopic (exact) mass is 555 g/mol. The van der Waals surface area contributed by atoms with Crippen molar-refractivity contribution < 1.29 is 13.9 Å². The first-order valence-electron chi connectivity index (χ1n) is 10.9. The van der Waals surface area contributed by atoms with E-state index < -0.39 is 0 Å². The van der Waals surface area contributed by atoms with Crippen LogP contribution in [0.3, 0.4) is 0 Å². The van der Waals surface area contributed by atoms with Crippen molar-refractivity contribution in [3.63, 3.8) is 0 Å². The van der Waals surface area contributed by atoms with Crippen LogP contribution in [0.15, 0.2) is 47.6 Å². The summed E-state index contributed by atoms with van der Waals surface area (Å²) in [7, 11) is 0. The first-order chi connectivity index (χ1) is 15.2. The molecule has 2 fully saturated rings. The second-order valence-electron chi connectivity index (χ2n) is 7.77. The number of likely N-dealkylation sites (tertiary alicyclic amines) is 1. The lowest BCUT2D eigenvalue weighted by atomic mass is 10.2. The summed E-state index contributed by atoms with van der Waals surface area (Å²) in [6.45, 7) is 9.14. The third kappa shape index (κ3) is 6.76. The third-order valence-electron chi connectivity index (χ3n) is 5.59. The molecule has 2 saturated heterocycles. The Labute approximate surface area is 206 Å². The first-order valence-corrected chi connectivity index (χ1v) is 10.9. The van der Waals surface area contributed by atoms with Crippen LogP contribution in [-0.4, -0.2) is 72.7 Å². The van der Waals surface area contributed by atoms with Gasteiger partial charge in [0, 0.05) is 57.1 Å². The van der Waals surface area contributed by atoms with E-state index in [1.165, 1.54) is 12.1 Å². The number of hydrogen-bond acceptors (Lipinski definition) is 5. The predicted octanol–water partition coefficient (Wildman–Crippen LogP) is 3.50. The van der Waals surface area contributed by atoms with Gasteiger partial charge in [-0.2, -0.15) is 0 Å². The molecule has 0 saturated carbocycles. The Kier molecular flexibility index (Phi) is 9.49. The summed E-state index contributed by atoms with van der Waals surface area (Å²) >= 11 is 0. The van der Waals surface area contributed by atoms with E-state index in [-0.39, 0.29) is 29.8 Å². The highest BCUT2D eigenvalue weighted by atomic mass is 127. The van der Waals surface area contributed by atoms with Gasteiger partial charge in [-0.05, 0) is 31.0 Å². The molecule has 3 heterocycles. The van der Waals surface area contributed by atoms with Crippen LogP contribution in [0.2, 0.25) is 0 Å². The highest BCUT2D eigenvalue weighted by Crippen LogP contribution is 2.21. The van der Waals surface area contributed by atoms with Crippen molar-refractivity contribution in [1.29, 1.82) is 0 Å². The van der Waals surface area contributed by atoms with Gasteiger partial charge in [-0.3, -0.25) is 4.90 Å². The van der Waals surface area contributed by atoms with Crippen LogP contribution in [0.5, 0.6) is 11.6 Å². The maximum atomic E-state index is 13.3. The molecule has 0 radical (unpaired) electrons. The molecule has 9 heteroatoms. The van der Waals surface area contributed by atoms with Crippen LogP contribution < -0.4 is 10.1 Å². The van der Waals surface area contributed by atoms with Crippen LogP contribution in [0.25, 0.3) is 0 Å². The lowest BCUT2D eigenvalue weighted by Crippen LogP contribution is -2.46. The topological polar surface area (TPSA) is 62.2 Å². The SMILES string of the molecule is CCNC(=NCc1ccc(Oc2cccc(F)c2)nc1)N1CCC(N2CCOCC2)C1.I. The van der Waals surface area contributed by atoms with E-state index in [0.717, 1.165) is 63.9 Å². The minimum Gasteiger partial charge on any atom is -0.439 e. The van der Waals surface area contributed by atoms with Gasteiger partial charge in [0.2, 0.25) is 5.88 Å². The Morgan fingerprint density at radius 2 is 2.09 bits per heavy atom. The summed E-state index contributed by atoms with van der Waals surface area (Å²) in [5, 5.41) is 3.42. The van der Waals surface area contributed by atoms with E-state index in [2.05, 4.69) is 27.0 Å². The lowest BCUT2D eigenvalue weighted by molar-refractivity contribution is 0.0195. The van der Waals surface area contributed by atoms with Crippen molar-refractivity contribution in [3.8, 4) is 11.6 Å². The quantitative estimate of drug-likeness (QED) is 0.335. The van der Waals surface area contributed by atoms with Gasteiger partial charge >= 0.3 is 0 Å². The molecule has 2 aliphatic rings. The zero-order chi connectivity index (χ0) is 21.5. The fraction of sp³-hybridized carbons (Fsp3) is 0.478. The Bertz CT molecular complexity index is 877. The van der Waals surface area contributed by atoms with Gasteiger partial charge in [-0.1, -0.05) is 12.1 Å². The van der Waals surface area contributed by atoms with Crippen molar-refractivity contribution in [2.75, 3.05) is 45.9 Å². The Morgan fingerprint density at radius 3 is 2.81 bits per heavy atom. The molecule has 2 aliphatic heterocycles. The summed E-state index contributed by atoms with van der Waals surface area (Å²) < 4.78 is 24.4. The van der Waals surface area contributed by atoms with E-state index in [1.807, 2.05) is 6.07 Å². The highest BCUT2D eigenvalue weighted by Gasteiger charge is 2.30. The molecule has 1 aromatic heterocycles.